The Hall–Kier alpha value is -3.27. The average molecular weight is 457 g/mol. The van der Waals surface area contributed by atoms with E-state index in [1.807, 2.05) is 36.7 Å². The lowest BCUT2D eigenvalue weighted by molar-refractivity contribution is 0.272. The fourth-order valence-electron chi connectivity index (χ4n) is 4.12. The highest BCUT2D eigenvalue weighted by Crippen LogP contribution is 2.34. The van der Waals surface area contributed by atoms with Gasteiger partial charge in [0.05, 0.1) is 18.6 Å². The fraction of sp³-hybridized carbons (Fsp3) is 0.367. The van der Waals surface area contributed by atoms with Crippen LogP contribution in [0.3, 0.4) is 0 Å². The number of aliphatic imine (C=N–C) groups is 1. The van der Waals surface area contributed by atoms with Crippen LogP contribution in [0.2, 0.25) is 0 Å². The summed E-state index contributed by atoms with van der Waals surface area (Å²) < 4.78 is 12.3. The SMILES string of the molecule is Cc1cc(Oc2ccc(-c3ccccc3OCC(C)C)cc2)c(C)cc1N=CN1CCCCC1. The molecule has 1 heterocycles. The third-order valence-corrected chi connectivity index (χ3v) is 6.10. The molecule has 0 unspecified atom stereocenters. The number of hydrogen-bond donors (Lipinski definition) is 0. The van der Waals surface area contributed by atoms with Crippen LogP contribution >= 0.6 is 0 Å². The molecule has 0 radical (unpaired) electrons. The monoisotopic (exact) mass is 456 g/mol. The van der Waals surface area contributed by atoms with Crippen molar-refractivity contribution in [3.8, 4) is 28.4 Å². The zero-order valence-corrected chi connectivity index (χ0v) is 20.9. The van der Waals surface area contributed by atoms with Crippen LogP contribution in [0.1, 0.15) is 44.2 Å². The van der Waals surface area contributed by atoms with Gasteiger partial charge in [-0.15, -0.1) is 0 Å². The van der Waals surface area contributed by atoms with Gasteiger partial charge in [0.1, 0.15) is 17.2 Å². The summed E-state index contributed by atoms with van der Waals surface area (Å²) in [6, 6.07) is 20.6. The van der Waals surface area contributed by atoms with Gasteiger partial charge in [0, 0.05) is 18.7 Å². The van der Waals surface area contributed by atoms with Gasteiger partial charge in [0.2, 0.25) is 0 Å². The Bertz CT molecular complexity index is 1110. The highest BCUT2D eigenvalue weighted by molar-refractivity contribution is 5.71. The summed E-state index contributed by atoms with van der Waals surface area (Å²) in [5.41, 5.74) is 5.40. The molecule has 4 rings (SSSR count). The summed E-state index contributed by atoms with van der Waals surface area (Å²) in [5.74, 6) is 3.08. The van der Waals surface area contributed by atoms with Crippen LogP contribution in [0, 0.1) is 19.8 Å². The summed E-state index contributed by atoms with van der Waals surface area (Å²) in [6.45, 7) is 11.4. The lowest BCUT2D eigenvalue weighted by Gasteiger charge is -2.24. The number of ether oxygens (including phenoxy) is 2. The second-order valence-electron chi connectivity index (χ2n) is 9.57. The van der Waals surface area contributed by atoms with E-state index >= 15 is 0 Å². The number of aryl methyl sites for hydroxylation is 2. The zero-order valence-electron chi connectivity index (χ0n) is 20.9. The molecule has 0 atom stereocenters. The standard InChI is InChI=1S/C30H36N2O2/c1-22(2)20-33-29-11-7-6-10-27(29)25-12-14-26(15-13-25)34-30-19-23(3)28(18-24(30)4)31-21-32-16-8-5-9-17-32/h6-7,10-15,18-19,21-22H,5,8-9,16-17,20H2,1-4H3. The molecule has 1 aliphatic heterocycles. The number of nitrogens with zero attached hydrogens (tertiary/aromatic N) is 2. The van der Waals surface area contributed by atoms with Crippen LogP contribution in [-0.4, -0.2) is 30.9 Å². The molecule has 178 valence electrons. The van der Waals surface area contributed by atoms with Crippen molar-refractivity contribution < 1.29 is 9.47 Å². The van der Waals surface area contributed by atoms with Crippen LogP contribution in [0.25, 0.3) is 11.1 Å². The van der Waals surface area contributed by atoms with Gasteiger partial charge in [0.25, 0.3) is 0 Å². The Kier molecular flexibility index (Phi) is 7.89. The molecule has 1 fully saturated rings. The van der Waals surface area contributed by atoms with E-state index in [4.69, 9.17) is 14.5 Å². The highest BCUT2D eigenvalue weighted by Gasteiger charge is 2.10. The molecule has 0 bridgehead atoms. The maximum absolute atomic E-state index is 6.25. The summed E-state index contributed by atoms with van der Waals surface area (Å²) in [7, 11) is 0. The lowest BCUT2D eigenvalue weighted by Crippen LogP contribution is -2.28. The smallest absolute Gasteiger partial charge is 0.130 e. The van der Waals surface area contributed by atoms with Gasteiger partial charge in [-0.3, -0.25) is 0 Å². The molecular formula is C30H36N2O2. The van der Waals surface area contributed by atoms with Gasteiger partial charge < -0.3 is 14.4 Å². The lowest BCUT2D eigenvalue weighted by atomic mass is 10.0. The first-order valence-corrected chi connectivity index (χ1v) is 12.4. The molecular weight excluding hydrogens is 420 g/mol. The molecule has 0 aromatic heterocycles. The van der Waals surface area contributed by atoms with Crippen molar-refractivity contribution in [2.75, 3.05) is 19.7 Å². The molecule has 1 saturated heterocycles. The van der Waals surface area contributed by atoms with Crippen molar-refractivity contribution in [1.29, 1.82) is 0 Å². The molecule has 0 spiro atoms. The number of hydrogen-bond acceptors (Lipinski definition) is 3. The number of rotatable bonds is 8. The largest absolute Gasteiger partial charge is 0.493 e. The van der Waals surface area contributed by atoms with Crippen molar-refractivity contribution in [3.05, 3.63) is 71.8 Å². The summed E-state index contributed by atoms with van der Waals surface area (Å²) in [5, 5.41) is 0. The van der Waals surface area contributed by atoms with E-state index in [1.54, 1.807) is 0 Å². The number of benzene rings is 3. The molecule has 0 N–H and O–H groups in total. The molecule has 1 aliphatic rings. The van der Waals surface area contributed by atoms with Crippen molar-refractivity contribution in [3.63, 3.8) is 0 Å². The first kappa shape index (κ1) is 23.9. The molecule has 4 nitrogen and oxygen atoms in total. The van der Waals surface area contributed by atoms with E-state index in [0.29, 0.717) is 12.5 Å². The minimum Gasteiger partial charge on any atom is -0.493 e. The summed E-state index contributed by atoms with van der Waals surface area (Å²) in [6.07, 6.45) is 5.84. The average Bonchev–Trinajstić information content (AvgIpc) is 2.85. The number of piperidine rings is 1. The highest BCUT2D eigenvalue weighted by atomic mass is 16.5. The van der Waals surface area contributed by atoms with E-state index in [0.717, 1.165) is 58.3 Å². The van der Waals surface area contributed by atoms with Crippen molar-refractivity contribution in [1.82, 2.24) is 4.90 Å². The van der Waals surface area contributed by atoms with Crippen molar-refractivity contribution in [2.45, 2.75) is 47.0 Å². The van der Waals surface area contributed by atoms with Gasteiger partial charge >= 0.3 is 0 Å². The molecule has 3 aromatic rings. The molecule has 4 heteroatoms. The Morgan fingerprint density at radius 2 is 1.62 bits per heavy atom. The van der Waals surface area contributed by atoms with Gasteiger partial charge in [-0.25, -0.2) is 4.99 Å². The number of para-hydroxylation sites is 1. The summed E-state index contributed by atoms with van der Waals surface area (Å²) >= 11 is 0. The number of likely N-dealkylation sites (tertiary alicyclic amines) is 1. The van der Waals surface area contributed by atoms with Crippen molar-refractivity contribution in [2.24, 2.45) is 10.9 Å². The first-order valence-electron chi connectivity index (χ1n) is 12.4. The minimum absolute atomic E-state index is 0.484. The second kappa shape index (κ2) is 11.2. The first-order chi connectivity index (χ1) is 16.5. The van der Waals surface area contributed by atoms with Gasteiger partial charge in [-0.1, -0.05) is 44.2 Å². The van der Waals surface area contributed by atoms with Gasteiger partial charge in [-0.05, 0) is 86.1 Å². The quantitative estimate of drug-likeness (QED) is 0.255. The Balaban J connectivity index is 1.46. The van der Waals surface area contributed by atoms with Crippen LogP contribution in [0.5, 0.6) is 17.2 Å². The Morgan fingerprint density at radius 1 is 0.882 bits per heavy atom. The minimum atomic E-state index is 0.484. The zero-order chi connectivity index (χ0) is 23.9. The van der Waals surface area contributed by atoms with E-state index in [9.17, 15) is 0 Å². The molecule has 0 amide bonds. The van der Waals surface area contributed by atoms with Gasteiger partial charge in [0.15, 0.2) is 0 Å². The second-order valence-corrected chi connectivity index (χ2v) is 9.57. The van der Waals surface area contributed by atoms with Crippen LogP contribution < -0.4 is 9.47 Å². The van der Waals surface area contributed by atoms with Crippen molar-refractivity contribution >= 4 is 12.0 Å². The van der Waals surface area contributed by atoms with Crippen LogP contribution in [0.15, 0.2) is 65.7 Å². The van der Waals surface area contributed by atoms with Crippen LogP contribution in [0.4, 0.5) is 5.69 Å². The summed E-state index contributed by atoms with van der Waals surface area (Å²) in [4.78, 5) is 7.07. The van der Waals surface area contributed by atoms with E-state index in [2.05, 4.69) is 62.9 Å². The molecule has 3 aromatic carbocycles. The molecule has 34 heavy (non-hydrogen) atoms. The Morgan fingerprint density at radius 3 is 2.35 bits per heavy atom. The maximum Gasteiger partial charge on any atom is 0.130 e. The third-order valence-electron chi connectivity index (χ3n) is 6.10. The topological polar surface area (TPSA) is 34.1 Å². The predicted octanol–water partition coefficient (Wildman–Crippen LogP) is 7.94. The van der Waals surface area contributed by atoms with Gasteiger partial charge in [-0.2, -0.15) is 0 Å². The fourth-order valence-corrected chi connectivity index (χ4v) is 4.12. The predicted molar refractivity (Wildman–Crippen MR) is 142 cm³/mol. The third kappa shape index (κ3) is 6.19. The molecule has 0 saturated carbocycles. The normalized spacial score (nSPS) is 14.1. The maximum atomic E-state index is 6.25. The van der Waals surface area contributed by atoms with E-state index in [1.165, 1.54) is 19.3 Å². The molecule has 0 aliphatic carbocycles. The Labute approximate surface area is 204 Å². The van der Waals surface area contributed by atoms with Crippen LogP contribution in [-0.2, 0) is 0 Å². The van der Waals surface area contributed by atoms with E-state index < -0.39 is 0 Å². The van der Waals surface area contributed by atoms with E-state index in [-0.39, 0.29) is 0 Å².